The number of amides is 2. The second kappa shape index (κ2) is 7.97. The van der Waals surface area contributed by atoms with Gasteiger partial charge in [-0.15, -0.1) is 0 Å². The molecule has 2 amide bonds. The smallest absolute Gasteiger partial charge is 0.251 e. The second-order valence-corrected chi connectivity index (χ2v) is 7.32. The number of carbonyl (C=O) groups is 2. The molecule has 1 aliphatic rings. The third kappa shape index (κ3) is 4.09. The maximum Gasteiger partial charge on any atom is 0.251 e. The van der Waals surface area contributed by atoms with Crippen molar-refractivity contribution in [2.75, 3.05) is 25.0 Å². The summed E-state index contributed by atoms with van der Waals surface area (Å²) in [4.78, 5) is 24.6. The molecule has 0 fully saturated rings. The lowest BCUT2D eigenvalue weighted by Gasteiger charge is -2.13. The van der Waals surface area contributed by atoms with E-state index in [0.717, 1.165) is 29.6 Å². The van der Waals surface area contributed by atoms with Crippen LogP contribution in [0.15, 0.2) is 48.7 Å². The first-order valence-corrected chi connectivity index (χ1v) is 9.67. The lowest BCUT2D eigenvalue weighted by molar-refractivity contribution is 0.0885. The van der Waals surface area contributed by atoms with Crippen molar-refractivity contribution in [1.82, 2.24) is 15.2 Å². The van der Waals surface area contributed by atoms with Gasteiger partial charge < -0.3 is 25.6 Å². The van der Waals surface area contributed by atoms with Crippen LogP contribution in [0.25, 0.3) is 10.9 Å². The number of benzene rings is 2. The Morgan fingerprint density at radius 1 is 1.07 bits per heavy atom. The lowest BCUT2D eigenvalue weighted by atomic mass is 10.1. The number of aryl methyl sites for hydroxylation is 1. The van der Waals surface area contributed by atoms with Gasteiger partial charge in [-0.05, 0) is 48.4 Å². The molecule has 0 saturated heterocycles. The van der Waals surface area contributed by atoms with Gasteiger partial charge in [0.2, 0.25) is 0 Å². The number of rotatable bonds is 6. The molecule has 4 rings (SSSR count). The van der Waals surface area contributed by atoms with Gasteiger partial charge in [0, 0.05) is 60.6 Å². The van der Waals surface area contributed by atoms with E-state index in [1.807, 2.05) is 48.1 Å². The van der Waals surface area contributed by atoms with Crippen molar-refractivity contribution in [3.63, 3.8) is 0 Å². The predicted molar refractivity (Wildman–Crippen MR) is 112 cm³/mol. The second-order valence-electron chi connectivity index (χ2n) is 7.32. The summed E-state index contributed by atoms with van der Waals surface area (Å²) in [5.74, 6) is -0.507. The molecule has 2 heterocycles. The van der Waals surface area contributed by atoms with Crippen LogP contribution >= 0.6 is 0 Å². The molecule has 7 nitrogen and oxygen atoms in total. The fraction of sp³-hybridized carbons (Fsp3) is 0.273. The molecule has 0 saturated carbocycles. The van der Waals surface area contributed by atoms with E-state index in [1.165, 1.54) is 5.56 Å². The quantitative estimate of drug-likeness (QED) is 0.513. The van der Waals surface area contributed by atoms with Crippen LogP contribution in [0.4, 0.5) is 5.69 Å². The Morgan fingerprint density at radius 3 is 2.52 bits per heavy atom. The van der Waals surface area contributed by atoms with E-state index in [2.05, 4.69) is 16.0 Å². The summed E-state index contributed by atoms with van der Waals surface area (Å²) in [5, 5.41) is 19.8. The van der Waals surface area contributed by atoms with Gasteiger partial charge in [-0.1, -0.05) is 6.07 Å². The topological polar surface area (TPSA) is 95.4 Å². The first-order valence-electron chi connectivity index (χ1n) is 9.67. The zero-order chi connectivity index (χ0) is 20.4. The molecule has 1 atom stereocenters. The Labute approximate surface area is 168 Å². The summed E-state index contributed by atoms with van der Waals surface area (Å²) in [6.45, 7) is 0.995. The number of fused-ring (bicyclic) bond motifs is 2. The van der Waals surface area contributed by atoms with E-state index in [4.69, 9.17) is 0 Å². The van der Waals surface area contributed by atoms with E-state index in [9.17, 15) is 14.7 Å². The molecule has 2 aromatic carbocycles. The summed E-state index contributed by atoms with van der Waals surface area (Å²) in [7, 11) is 1.95. The van der Waals surface area contributed by atoms with Crippen molar-refractivity contribution in [3.8, 4) is 0 Å². The Kier molecular flexibility index (Phi) is 5.22. The van der Waals surface area contributed by atoms with Gasteiger partial charge in [0.05, 0.1) is 6.10 Å². The van der Waals surface area contributed by atoms with Gasteiger partial charge in [-0.2, -0.15) is 0 Å². The number of aliphatic hydroxyl groups is 1. The molecule has 0 bridgehead atoms. The molecule has 29 heavy (non-hydrogen) atoms. The minimum Gasteiger partial charge on any atom is -0.389 e. The van der Waals surface area contributed by atoms with Crippen molar-refractivity contribution in [3.05, 3.63) is 65.4 Å². The Morgan fingerprint density at radius 2 is 1.76 bits per heavy atom. The summed E-state index contributed by atoms with van der Waals surface area (Å²) in [5.41, 5.74) is 4.32. The van der Waals surface area contributed by atoms with Gasteiger partial charge in [0.25, 0.3) is 11.8 Å². The summed E-state index contributed by atoms with van der Waals surface area (Å²) in [6, 6.07) is 13.0. The lowest BCUT2D eigenvalue weighted by Crippen LogP contribution is -2.40. The predicted octanol–water partition coefficient (Wildman–Crippen LogP) is 1.67. The summed E-state index contributed by atoms with van der Waals surface area (Å²) in [6.07, 6.45) is 2.03. The summed E-state index contributed by atoms with van der Waals surface area (Å²) < 4.78 is 1.99. The zero-order valence-electron chi connectivity index (χ0n) is 16.2. The van der Waals surface area contributed by atoms with Crippen LogP contribution in [0.2, 0.25) is 0 Å². The maximum absolute atomic E-state index is 12.3. The highest BCUT2D eigenvalue weighted by atomic mass is 16.3. The SMILES string of the molecule is Cn1ccc2cc(C(=O)NC[C@H](O)CNC(=O)c3ccc4c(c3)NCC4)ccc21. The van der Waals surface area contributed by atoms with Crippen LogP contribution in [-0.2, 0) is 13.5 Å². The monoisotopic (exact) mass is 392 g/mol. The molecule has 7 heteroatoms. The first kappa shape index (κ1) is 19.0. The average Bonchev–Trinajstić information content (AvgIpc) is 3.35. The van der Waals surface area contributed by atoms with E-state index in [0.29, 0.717) is 11.1 Å². The molecule has 0 spiro atoms. The van der Waals surface area contributed by atoms with Gasteiger partial charge in [0.1, 0.15) is 0 Å². The molecular weight excluding hydrogens is 368 g/mol. The molecule has 150 valence electrons. The van der Waals surface area contributed by atoms with E-state index in [-0.39, 0.29) is 24.9 Å². The number of aromatic nitrogens is 1. The third-order valence-electron chi connectivity index (χ3n) is 5.23. The molecule has 4 N–H and O–H groups in total. The maximum atomic E-state index is 12.3. The van der Waals surface area contributed by atoms with Crippen LogP contribution in [0.5, 0.6) is 0 Å². The number of hydrogen-bond donors (Lipinski definition) is 4. The largest absolute Gasteiger partial charge is 0.389 e. The zero-order valence-corrected chi connectivity index (χ0v) is 16.2. The van der Waals surface area contributed by atoms with E-state index in [1.54, 1.807) is 12.1 Å². The van der Waals surface area contributed by atoms with Gasteiger partial charge in [0.15, 0.2) is 0 Å². The fourth-order valence-corrected chi connectivity index (χ4v) is 3.55. The molecule has 1 aliphatic heterocycles. The Balaban J connectivity index is 1.27. The van der Waals surface area contributed by atoms with Crippen molar-refractivity contribution < 1.29 is 14.7 Å². The van der Waals surface area contributed by atoms with Crippen LogP contribution < -0.4 is 16.0 Å². The van der Waals surface area contributed by atoms with Gasteiger partial charge >= 0.3 is 0 Å². The number of hydrogen-bond acceptors (Lipinski definition) is 4. The number of nitrogens with one attached hydrogen (secondary N) is 3. The van der Waals surface area contributed by atoms with Gasteiger partial charge in [-0.3, -0.25) is 9.59 Å². The van der Waals surface area contributed by atoms with Crippen molar-refractivity contribution in [1.29, 1.82) is 0 Å². The van der Waals surface area contributed by atoms with Crippen LogP contribution in [-0.4, -0.2) is 47.2 Å². The molecule has 0 radical (unpaired) electrons. The van der Waals surface area contributed by atoms with Gasteiger partial charge in [-0.25, -0.2) is 0 Å². The molecule has 0 unspecified atom stereocenters. The van der Waals surface area contributed by atoms with E-state index >= 15 is 0 Å². The van der Waals surface area contributed by atoms with Crippen molar-refractivity contribution in [2.45, 2.75) is 12.5 Å². The minimum absolute atomic E-state index is 0.0533. The number of carbonyl (C=O) groups excluding carboxylic acids is 2. The Bertz CT molecular complexity index is 1070. The highest BCUT2D eigenvalue weighted by Crippen LogP contribution is 2.23. The molecule has 0 aliphatic carbocycles. The minimum atomic E-state index is -0.879. The standard InChI is InChI=1S/C22H24N4O3/c1-26-9-7-15-10-16(4-5-20(15)26)21(28)24-12-18(27)13-25-22(29)17-3-2-14-6-8-23-19(14)11-17/h2-5,7,9-11,18,23,27H,6,8,12-13H2,1H3,(H,24,28)(H,25,29)/t18-/m0/s1. The van der Waals surface area contributed by atoms with Crippen LogP contribution in [0, 0.1) is 0 Å². The Hall–Kier alpha value is -3.32. The van der Waals surface area contributed by atoms with Crippen LogP contribution in [0.1, 0.15) is 26.3 Å². The molecule has 3 aromatic rings. The van der Waals surface area contributed by atoms with Crippen LogP contribution in [0.3, 0.4) is 0 Å². The average molecular weight is 392 g/mol. The van der Waals surface area contributed by atoms with Crippen molar-refractivity contribution in [2.24, 2.45) is 7.05 Å². The summed E-state index contributed by atoms with van der Waals surface area (Å²) >= 11 is 0. The van der Waals surface area contributed by atoms with E-state index < -0.39 is 6.10 Å². The first-order chi connectivity index (χ1) is 14.0. The number of nitrogens with zero attached hydrogens (tertiary/aromatic N) is 1. The number of anilines is 1. The van der Waals surface area contributed by atoms with Crippen molar-refractivity contribution >= 4 is 28.4 Å². The number of aliphatic hydroxyl groups excluding tert-OH is 1. The molecule has 1 aromatic heterocycles. The normalized spacial score (nSPS) is 13.6. The highest BCUT2D eigenvalue weighted by Gasteiger charge is 2.15. The third-order valence-corrected chi connectivity index (χ3v) is 5.23. The molecular formula is C22H24N4O3. The fourth-order valence-electron chi connectivity index (χ4n) is 3.55. The highest BCUT2D eigenvalue weighted by molar-refractivity contribution is 5.98.